The van der Waals surface area contributed by atoms with Crippen molar-refractivity contribution < 1.29 is 23.1 Å². The predicted octanol–water partition coefficient (Wildman–Crippen LogP) is 2.39. The van der Waals surface area contributed by atoms with Crippen molar-refractivity contribution in [2.45, 2.75) is 25.1 Å². The highest BCUT2D eigenvalue weighted by atomic mass is 19.4. The number of hydrogen-bond acceptors (Lipinski definition) is 3. The predicted molar refractivity (Wildman–Crippen MR) is 67.5 cm³/mol. The fourth-order valence-corrected chi connectivity index (χ4v) is 2.35. The Balaban J connectivity index is 2.45. The Hall–Kier alpha value is -1.76. The Kier molecular flexibility index (Phi) is 3.89. The summed E-state index contributed by atoms with van der Waals surface area (Å²) < 4.78 is 39.4. The number of hydrogen-bond donors (Lipinski definition) is 2. The van der Waals surface area contributed by atoms with E-state index in [2.05, 4.69) is 0 Å². The minimum atomic E-state index is -4.54. The van der Waals surface area contributed by atoms with Crippen molar-refractivity contribution in [3.63, 3.8) is 0 Å². The summed E-state index contributed by atoms with van der Waals surface area (Å²) in [5, 5.41) is 8.79. The van der Waals surface area contributed by atoms with E-state index >= 15 is 0 Å². The van der Waals surface area contributed by atoms with Gasteiger partial charge in [0.15, 0.2) is 0 Å². The Morgan fingerprint density at radius 1 is 1.30 bits per heavy atom. The summed E-state index contributed by atoms with van der Waals surface area (Å²) in [7, 11) is 0. The van der Waals surface area contributed by atoms with Crippen LogP contribution in [0.3, 0.4) is 0 Å². The van der Waals surface area contributed by atoms with Crippen molar-refractivity contribution in [1.82, 2.24) is 0 Å². The topological polar surface area (TPSA) is 66.6 Å². The molecule has 0 saturated carbocycles. The first-order chi connectivity index (χ1) is 9.30. The van der Waals surface area contributed by atoms with Crippen LogP contribution in [0.15, 0.2) is 18.2 Å². The van der Waals surface area contributed by atoms with Gasteiger partial charge in [0.1, 0.15) is 6.04 Å². The van der Waals surface area contributed by atoms with Crippen molar-refractivity contribution in [2.24, 2.45) is 5.73 Å². The second kappa shape index (κ2) is 5.32. The van der Waals surface area contributed by atoms with Crippen LogP contribution in [-0.2, 0) is 11.0 Å². The molecule has 2 rings (SSSR count). The van der Waals surface area contributed by atoms with Gasteiger partial charge in [0.2, 0.25) is 0 Å². The molecule has 110 valence electrons. The molecule has 1 saturated heterocycles. The number of nitrogens with two attached hydrogens (primary N) is 1. The van der Waals surface area contributed by atoms with Crippen LogP contribution in [0.5, 0.6) is 0 Å². The minimum Gasteiger partial charge on any atom is -0.480 e. The summed E-state index contributed by atoms with van der Waals surface area (Å²) in [5.74, 6) is -1.35. The molecule has 0 radical (unpaired) electrons. The average Bonchev–Trinajstić information content (AvgIpc) is 2.89. The molecule has 0 amide bonds. The van der Waals surface area contributed by atoms with Gasteiger partial charge in [0.05, 0.1) is 5.56 Å². The first kappa shape index (κ1) is 14.6. The van der Waals surface area contributed by atoms with E-state index in [0.29, 0.717) is 13.1 Å². The van der Waals surface area contributed by atoms with Gasteiger partial charge in [-0.15, -0.1) is 0 Å². The van der Waals surface area contributed by atoms with Crippen molar-refractivity contribution in [3.8, 4) is 0 Å². The van der Waals surface area contributed by atoms with Crippen LogP contribution in [0, 0.1) is 0 Å². The highest BCUT2D eigenvalue weighted by Crippen LogP contribution is 2.39. The van der Waals surface area contributed by atoms with Gasteiger partial charge in [0, 0.05) is 18.8 Å². The third-order valence-electron chi connectivity index (χ3n) is 3.40. The number of carboxylic acid groups (broad SMARTS) is 1. The number of carboxylic acids is 1. The maximum atomic E-state index is 13.1. The number of halogens is 3. The van der Waals surface area contributed by atoms with Gasteiger partial charge in [-0.3, -0.25) is 4.79 Å². The Morgan fingerprint density at radius 2 is 1.90 bits per heavy atom. The molecule has 1 aromatic rings. The van der Waals surface area contributed by atoms with E-state index in [0.717, 1.165) is 18.9 Å². The molecule has 7 heteroatoms. The Morgan fingerprint density at radius 3 is 2.40 bits per heavy atom. The smallest absolute Gasteiger partial charge is 0.418 e. The molecule has 0 aliphatic carbocycles. The van der Waals surface area contributed by atoms with Gasteiger partial charge in [-0.05, 0) is 30.5 Å². The maximum Gasteiger partial charge on any atom is 0.418 e. The van der Waals surface area contributed by atoms with E-state index in [1.54, 1.807) is 4.90 Å². The van der Waals surface area contributed by atoms with Crippen LogP contribution < -0.4 is 10.6 Å². The van der Waals surface area contributed by atoms with E-state index in [9.17, 15) is 18.0 Å². The quantitative estimate of drug-likeness (QED) is 0.896. The molecule has 0 aromatic heterocycles. The number of alkyl halides is 3. The third-order valence-corrected chi connectivity index (χ3v) is 3.40. The number of aliphatic carboxylic acids is 1. The lowest BCUT2D eigenvalue weighted by atomic mass is 10.0. The van der Waals surface area contributed by atoms with E-state index in [1.165, 1.54) is 12.1 Å². The average molecular weight is 288 g/mol. The van der Waals surface area contributed by atoms with Crippen molar-refractivity contribution >= 4 is 11.7 Å². The minimum absolute atomic E-state index is 0.0484. The molecule has 20 heavy (non-hydrogen) atoms. The van der Waals surface area contributed by atoms with Crippen LogP contribution in [0.1, 0.15) is 30.0 Å². The maximum absolute atomic E-state index is 13.1. The van der Waals surface area contributed by atoms with Gasteiger partial charge in [-0.1, -0.05) is 6.07 Å². The Labute approximate surface area is 114 Å². The lowest BCUT2D eigenvalue weighted by molar-refractivity contribution is -0.140. The first-order valence-electron chi connectivity index (χ1n) is 6.25. The number of rotatable bonds is 3. The molecule has 3 N–H and O–H groups in total. The molecule has 0 unspecified atom stereocenters. The normalized spacial score (nSPS) is 17.3. The van der Waals surface area contributed by atoms with E-state index < -0.39 is 23.8 Å². The summed E-state index contributed by atoms with van der Waals surface area (Å²) in [4.78, 5) is 12.5. The molecule has 1 heterocycles. The lowest BCUT2D eigenvalue weighted by Gasteiger charge is -2.23. The number of anilines is 1. The molecule has 1 aromatic carbocycles. The zero-order valence-corrected chi connectivity index (χ0v) is 10.7. The fraction of sp³-hybridized carbons (Fsp3) is 0.462. The van der Waals surface area contributed by atoms with E-state index in [-0.39, 0.29) is 11.3 Å². The molecule has 1 fully saturated rings. The van der Waals surface area contributed by atoms with Crippen LogP contribution >= 0.6 is 0 Å². The standard InChI is InChI=1S/C13H15F3N2O2/c14-13(15,16)9-7-8(11(17)12(19)20)3-4-10(9)18-5-1-2-6-18/h3-4,7,11H,1-2,5-6,17H2,(H,19,20)/t11-/m0/s1. The molecular weight excluding hydrogens is 273 g/mol. The lowest BCUT2D eigenvalue weighted by Crippen LogP contribution is -2.24. The van der Waals surface area contributed by atoms with E-state index in [1.807, 2.05) is 0 Å². The van der Waals surface area contributed by atoms with Crippen molar-refractivity contribution in [1.29, 1.82) is 0 Å². The Bertz CT molecular complexity index is 511. The monoisotopic (exact) mass is 288 g/mol. The summed E-state index contributed by atoms with van der Waals surface area (Å²) in [6.45, 7) is 1.15. The van der Waals surface area contributed by atoms with Gasteiger partial charge in [-0.25, -0.2) is 0 Å². The second-order valence-corrected chi connectivity index (χ2v) is 4.78. The zero-order chi connectivity index (χ0) is 14.9. The SMILES string of the molecule is N[C@H](C(=O)O)c1ccc(N2CCCC2)c(C(F)(F)F)c1. The van der Waals surface area contributed by atoms with Gasteiger partial charge in [-0.2, -0.15) is 13.2 Å². The third kappa shape index (κ3) is 2.87. The highest BCUT2D eigenvalue weighted by Gasteiger charge is 2.36. The molecule has 4 nitrogen and oxygen atoms in total. The molecule has 1 atom stereocenters. The molecule has 0 spiro atoms. The zero-order valence-electron chi connectivity index (χ0n) is 10.7. The number of benzene rings is 1. The van der Waals surface area contributed by atoms with Crippen molar-refractivity contribution in [3.05, 3.63) is 29.3 Å². The van der Waals surface area contributed by atoms with Crippen molar-refractivity contribution in [2.75, 3.05) is 18.0 Å². The van der Waals surface area contributed by atoms with Crippen LogP contribution in [-0.4, -0.2) is 24.2 Å². The number of nitrogens with zero attached hydrogens (tertiary/aromatic N) is 1. The first-order valence-corrected chi connectivity index (χ1v) is 6.25. The molecular formula is C13H15F3N2O2. The molecule has 1 aliphatic heterocycles. The number of carbonyl (C=O) groups is 1. The molecule has 1 aliphatic rings. The largest absolute Gasteiger partial charge is 0.480 e. The summed E-state index contributed by atoms with van der Waals surface area (Å²) in [6, 6.07) is 2.05. The van der Waals surface area contributed by atoms with Gasteiger partial charge >= 0.3 is 12.1 Å². The summed E-state index contributed by atoms with van der Waals surface area (Å²) in [6.07, 6.45) is -2.83. The fourth-order valence-electron chi connectivity index (χ4n) is 2.35. The van der Waals surface area contributed by atoms with Crippen LogP contribution in [0.4, 0.5) is 18.9 Å². The summed E-state index contributed by atoms with van der Waals surface area (Å²) >= 11 is 0. The van der Waals surface area contributed by atoms with Crippen LogP contribution in [0.25, 0.3) is 0 Å². The summed E-state index contributed by atoms with van der Waals surface area (Å²) in [5.41, 5.74) is 4.59. The highest BCUT2D eigenvalue weighted by molar-refractivity contribution is 5.76. The van der Waals surface area contributed by atoms with Gasteiger partial charge < -0.3 is 15.7 Å². The van der Waals surface area contributed by atoms with E-state index in [4.69, 9.17) is 10.8 Å². The van der Waals surface area contributed by atoms with Gasteiger partial charge in [0.25, 0.3) is 0 Å². The molecule has 0 bridgehead atoms. The second-order valence-electron chi connectivity index (χ2n) is 4.78. The van der Waals surface area contributed by atoms with Crippen LogP contribution in [0.2, 0.25) is 0 Å².